The number of aromatic nitrogens is 2. The third-order valence-corrected chi connectivity index (χ3v) is 2.44. The van der Waals surface area contributed by atoms with Crippen molar-refractivity contribution in [3.8, 4) is 0 Å². The second-order valence-corrected chi connectivity index (χ2v) is 4.40. The van der Waals surface area contributed by atoms with E-state index >= 15 is 0 Å². The second kappa shape index (κ2) is 5.15. The SMILES string of the molecule is CC(CCOS(N)(=O)=O)c1cncnc1. The van der Waals surface area contributed by atoms with Gasteiger partial charge in [-0.2, -0.15) is 8.42 Å². The lowest BCUT2D eigenvalue weighted by Crippen LogP contribution is -2.17. The first-order valence-electron chi connectivity index (χ1n) is 4.41. The lowest BCUT2D eigenvalue weighted by Gasteiger charge is -2.09. The molecule has 0 fully saturated rings. The summed E-state index contributed by atoms with van der Waals surface area (Å²) in [4.78, 5) is 7.74. The van der Waals surface area contributed by atoms with Gasteiger partial charge in [0.05, 0.1) is 6.61 Å². The summed E-state index contributed by atoms with van der Waals surface area (Å²) in [7, 11) is -3.83. The van der Waals surface area contributed by atoms with Crippen LogP contribution in [0.3, 0.4) is 0 Å². The first kappa shape index (κ1) is 12.0. The van der Waals surface area contributed by atoms with Crippen LogP contribution in [0.5, 0.6) is 0 Å². The third kappa shape index (κ3) is 4.82. The van der Waals surface area contributed by atoms with Gasteiger partial charge < -0.3 is 0 Å². The van der Waals surface area contributed by atoms with Gasteiger partial charge in [0.15, 0.2) is 0 Å². The summed E-state index contributed by atoms with van der Waals surface area (Å²) in [5.41, 5.74) is 0.940. The molecule has 1 aromatic heterocycles. The Kier molecular flexibility index (Phi) is 4.13. The van der Waals surface area contributed by atoms with Crippen molar-refractivity contribution in [2.24, 2.45) is 5.14 Å². The molecule has 2 N–H and O–H groups in total. The van der Waals surface area contributed by atoms with Gasteiger partial charge in [0, 0.05) is 12.4 Å². The van der Waals surface area contributed by atoms with Crippen molar-refractivity contribution < 1.29 is 12.6 Å². The summed E-state index contributed by atoms with van der Waals surface area (Å²) in [5, 5.41) is 4.69. The minimum atomic E-state index is -3.83. The van der Waals surface area contributed by atoms with Crippen molar-refractivity contribution in [3.63, 3.8) is 0 Å². The van der Waals surface area contributed by atoms with Crippen molar-refractivity contribution in [1.82, 2.24) is 9.97 Å². The number of nitrogens with two attached hydrogens (primary N) is 1. The molecule has 0 bridgehead atoms. The molecule has 0 aliphatic rings. The number of hydrogen-bond donors (Lipinski definition) is 1. The zero-order chi connectivity index (χ0) is 11.3. The molecule has 15 heavy (non-hydrogen) atoms. The summed E-state index contributed by atoms with van der Waals surface area (Å²) in [5.74, 6) is 0.132. The molecule has 0 saturated heterocycles. The van der Waals surface area contributed by atoms with E-state index in [1.54, 1.807) is 12.4 Å². The van der Waals surface area contributed by atoms with Crippen molar-refractivity contribution in [2.75, 3.05) is 6.61 Å². The average molecular weight is 231 g/mol. The monoisotopic (exact) mass is 231 g/mol. The number of rotatable bonds is 5. The highest BCUT2D eigenvalue weighted by atomic mass is 32.2. The van der Waals surface area contributed by atoms with E-state index in [9.17, 15) is 8.42 Å². The van der Waals surface area contributed by atoms with Crippen molar-refractivity contribution in [3.05, 3.63) is 24.3 Å². The van der Waals surface area contributed by atoms with Gasteiger partial charge >= 0.3 is 10.3 Å². The zero-order valence-corrected chi connectivity index (χ0v) is 9.14. The first-order chi connectivity index (χ1) is 6.99. The maximum atomic E-state index is 10.5. The quantitative estimate of drug-likeness (QED) is 0.780. The van der Waals surface area contributed by atoms with Crippen LogP contribution < -0.4 is 5.14 Å². The van der Waals surface area contributed by atoms with Crippen molar-refractivity contribution >= 4 is 10.3 Å². The van der Waals surface area contributed by atoms with Gasteiger partial charge in [-0.1, -0.05) is 6.92 Å². The number of hydrogen-bond acceptors (Lipinski definition) is 5. The van der Waals surface area contributed by atoms with E-state index in [-0.39, 0.29) is 12.5 Å². The molecular weight excluding hydrogens is 218 g/mol. The fraction of sp³-hybridized carbons (Fsp3) is 0.500. The van der Waals surface area contributed by atoms with Crippen LogP contribution in [-0.4, -0.2) is 25.0 Å². The Morgan fingerprint density at radius 2 is 2.07 bits per heavy atom. The highest BCUT2D eigenvalue weighted by molar-refractivity contribution is 7.84. The molecule has 6 nitrogen and oxygen atoms in total. The molecule has 0 aromatic carbocycles. The molecule has 1 unspecified atom stereocenters. The summed E-state index contributed by atoms with van der Waals surface area (Å²) in [6.45, 7) is 2.00. The zero-order valence-electron chi connectivity index (χ0n) is 8.33. The van der Waals surface area contributed by atoms with Crippen LogP contribution in [0.15, 0.2) is 18.7 Å². The van der Waals surface area contributed by atoms with Gasteiger partial charge in [0.1, 0.15) is 6.33 Å². The predicted octanol–water partition coefficient (Wildman–Crippen LogP) is 0.190. The van der Waals surface area contributed by atoms with E-state index < -0.39 is 10.3 Å². The molecule has 0 spiro atoms. The highest BCUT2D eigenvalue weighted by Gasteiger charge is 2.08. The van der Waals surface area contributed by atoms with Crippen LogP contribution in [0.1, 0.15) is 24.8 Å². The minimum Gasteiger partial charge on any atom is -0.258 e. The molecule has 1 heterocycles. The fourth-order valence-corrected chi connectivity index (χ4v) is 1.40. The van der Waals surface area contributed by atoms with Gasteiger partial charge in [0.25, 0.3) is 0 Å². The maximum absolute atomic E-state index is 10.5. The Balaban J connectivity index is 2.41. The van der Waals surface area contributed by atoms with Crippen molar-refractivity contribution in [2.45, 2.75) is 19.3 Å². The number of nitrogens with zero attached hydrogens (tertiary/aromatic N) is 2. The Morgan fingerprint density at radius 3 is 2.60 bits per heavy atom. The van der Waals surface area contributed by atoms with Gasteiger partial charge in [-0.15, -0.1) is 0 Å². The fourth-order valence-electron chi connectivity index (χ4n) is 1.07. The van der Waals surface area contributed by atoms with Crippen LogP contribution in [0, 0.1) is 0 Å². The average Bonchev–Trinajstić information content (AvgIpc) is 2.17. The van der Waals surface area contributed by atoms with E-state index in [4.69, 9.17) is 0 Å². The van der Waals surface area contributed by atoms with E-state index in [1.807, 2.05) is 6.92 Å². The summed E-state index contributed by atoms with van der Waals surface area (Å²) in [6, 6.07) is 0. The third-order valence-electron chi connectivity index (χ3n) is 1.95. The summed E-state index contributed by atoms with van der Waals surface area (Å²) >= 11 is 0. The van der Waals surface area contributed by atoms with E-state index in [1.165, 1.54) is 6.33 Å². The van der Waals surface area contributed by atoms with Crippen LogP contribution >= 0.6 is 0 Å². The first-order valence-corrected chi connectivity index (χ1v) is 5.88. The molecule has 0 radical (unpaired) electrons. The van der Waals surface area contributed by atoms with Gasteiger partial charge in [0.2, 0.25) is 0 Å². The Morgan fingerprint density at radius 1 is 1.47 bits per heavy atom. The molecule has 0 aliphatic heterocycles. The molecular formula is C8H13N3O3S. The molecule has 0 amide bonds. The summed E-state index contributed by atoms with van der Waals surface area (Å²) < 4.78 is 25.4. The minimum absolute atomic E-state index is 0.0644. The summed E-state index contributed by atoms with van der Waals surface area (Å²) in [6.07, 6.45) is 5.37. The molecule has 0 aliphatic carbocycles. The Hall–Kier alpha value is -1.05. The highest BCUT2D eigenvalue weighted by Crippen LogP contribution is 2.16. The topological polar surface area (TPSA) is 95.2 Å². The molecule has 84 valence electrons. The van der Waals surface area contributed by atoms with Gasteiger partial charge in [-0.25, -0.2) is 15.1 Å². The molecule has 1 rings (SSSR count). The molecule has 1 aromatic rings. The standard InChI is InChI=1S/C8H13N3O3S/c1-7(2-3-14-15(9,12)13)8-4-10-6-11-5-8/h4-7H,2-3H2,1H3,(H2,9,12,13). The van der Waals surface area contributed by atoms with Crippen LogP contribution in [-0.2, 0) is 14.5 Å². The van der Waals surface area contributed by atoms with Gasteiger partial charge in [-0.05, 0) is 17.9 Å². The van der Waals surface area contributed by atoms with Gasteiger partial charge in [-0.3, -0.25) is 4.18 Å². The van der Waals surface area contributed by atoms with Crippen LogP contribution in [0.2, 0.25) is 0 Å². The predicted molar refractivity (Wildman–Crippen MR) is 54.1 cm³/mol. The Bertz CT molecular complexity index is 393. The van der Waals surface area contributed by atoms with Crippen LogP contribution in [0.4, 0.5) is 0 Å². The van der Waals surface area contributed by atoms with E-state index in [0.717, 1.165) is 5.56 Å². The lowest BCUT2D eigenvalue weighted by atomic mass is 10.0. The molecule has 1 atom stereocenters. The van der Waals surface area contributed by atoms with Crippen LogP contribution in [0.25, 0.3) is 0 Å². The maximum Gasteiger partial charge on any atom is 0.333 e. The lowest BCUT2D eigenvalue weighted by molar-refractivity contribution is 0.303. The largest absolute Gasteiger partial charge is 0.333 e. The van der Waals surface area contributed by atoms with Crippen molar-refractivity contribution in [1.29, 1.82) is 0 Å². The van der Waals surface area contributed by atoms with E-state index in [0.29, 0.717) is 6.42 Å². The Labute approximate surface area is 88.8 Å². The second-order valence-electron chi connectivity index (χ2n) is 3.18. The molecule has 0 saturated carbocycles. The van der Waals surface area contributed by atoms with E-state index in [2.05, 4.69) is 19.3 Å². The smallest absolute Gasteiger partial charge is 0.258 e. The normalized spacial score (nSPS) is 13.7. The molecule has 7 heteroatoms.